The van der Waals surface area contributed by atoms with E-state index in [1.807, 2.05) is 25.1 Å². The Morgan fingerprint density at radius 1 is 1.21 bits per heavy atom. The molecule has 150 valence electrons. The third-order valence-corrected chi connectivity index (χ3v) is 5.42. The van der Waals surface area contributed by atoms with E-state index < -0.39 is 0 Å². The molecule has 3 aromatic rings. The maximum Gasteiger partial charge on any atom is 0.191 e. The van der Waals surface area contributed by atoms with E-state index in [1.165, 1.54) is 5.52 Å². The van der Waals surface area contributed by atoms with Crippen molar-refractivity contribution in [3.05, 3.63) is 41.2 Å². The zero-order valence-corrected chi connectivity index (χ0v) is 17.9. The highest BCUT2D eigenvalue weighted by molar-refractivity contribution is 7.13. The number of nitrogens with zero attached hydrogens (tertiary/aromatic N) is 5. The number of para-hydroxylation sites is 2. The minimum absolute atomic E-state index is 0.574. The first-order valence-corrected chi connectivity index (χ1v) is 10.5. The third kappa shape index (κ3) is 5.01. The number of thiazole rings is 1. The zero-order valence-electron chi connectivity index (χ0n) is 17.1. The number of hydrogen-bond acceptors (Lipinski definition) is 5. The van der Waals surface area contributed by atoms with Crippen LogP contribution in [-0.4, -0.2) is 47.7 Å². The number of fused-ring (bicyclic) bond motifs is 1. The number of hydrogen-bond donors (Lipinski definition) is 2. The number of imidazole rings is 1. The normalized spacial score (nSPS) is 11.8. The Balaban J connectivity index is 1.53. The fourth-order valence-electron chi connectivity index (χ4n) is 3.00. The predicted octanol–water partition coefficient (Wildman–Crippen LogP) is 3.01. The molecule has 2 aromatic heterocycles. The molecule has 0 spiro atoms. The second kappa shape index (κ2) is 9.54. The van der Waals surface area contributed by atoms with Crippen molar-refractivity contribution in [2.24, 2.45) is 4.99 Å². The Morgan fingerprint density at radius 2 is 2.04 bits per heavy atom. The van der Waals surface area contributed by atoms with Crippen LogP contribution in [0.4, 0.5) is 5.13 Å². The quantitative estimate of drug-likeness (QED) is 0.346. The van der Waals surface area contributed by atoms with E-state index in [1.54, 1.807) is 11.3 Å². The van der Waals surface area contributed by atoms with Crippen molar-refractivity contribution in [2.75, 3.05) is 32.1 Å². The average molecular weight is 400 g/mol. The number of aryl methyl sites for hydroxylation is 2. The molecule has 0 bridgehead atoms. The van der Waals surface area contributed by atoms with Crippen LogP contribution in [0.1, 0.15) is 24.9 Å². The van der Waals surface area contributed by atoms with Gasteiger partial charge in [-0.1, -0.05) is 12.1 Å². The summed E-state index contributed by atoms with van der Waals surface area (Å²) in [6.45, 7) is 7.32. The van der Waals surface area contributed by atoms with Crippen LogP contribution in [0.2, 0.25) is 0 Å². The van der Waals surface area contributed by atoms with Crippen molar-refractivity contribution >= 4 is 33.5 Å². The van der Waals surface area contributed by atoms with E-state index in [4.69, 9.17) is 0 Å². The van der Waals surface area contributed by atoms with Gasteiger partial charge in [-0.2, -0.15) is 0 Å². The summed E-state index contributed by atoms with van der Waals surface area (Å²) in [6, 6.07) is 8.29. The minimum Gasteiger partial charge on any atom is -0.357 e. The largest absolute Gasteiger partial charge is 0.357 e. The highest BCUT2D eigenvalue weighted by Crippen LogP contribution is 2.18. The Hall–Kier alpha value is -2.61. The lowest BCUT2D eigenvalue weighted by Gasteiger charge is -2.12. The van der Waals surface area contributed by atoms with Crippen LogP contribution < -0.4 is 15.5 Å². The van der Waals surface area contributed by atoms with Gasteiger partial charge in [0.25, 0.3) is 0 Å². The van der Waals surface area contributed by atoms with Gasteiger partial charge in [0.05, 0.1) is 23.3 Å². The van der Waals surface area contributed by atoms with Gasteiger partial charge >= 0.3 is 0 Å². The van der Waals surface area contributed by atoms with E-state index >= 15 is 0 Å². The molecule has 7 nitrogen and oxygen atoms in total. The molecule has 2 heterocycles. The van der Waals surface area contributed by atoms with Gasteiger partial charge in [0, 0.05) is 39.1 Å². The van der Waals surface area contributed by atoms with Crippen molar-refractivity contribution in [3.8, 4) is 0 Å². The van der Waals surface area contributed by atoms with Gasteiger partial charge in [-0.3, -0.25) is 0 Å². The molecule has 0 saturated heterocycles. The molecule has 0 amide bonds. The first kappa shape index (κ1) is 20.1. The van der Waals surface area contributed by atoms with Gasteiger partial charge in [0.15, 0.2) is 11.1 Å². The van der Waals surface area contributed by atoms with Crippen molar-refractivity contribution in [2.45, 2.75) is 33.4 Å². The van der Waals surface area contributed by atoms with E-state index in [0.29, 0.717) is 6.54 Å². The summed E-state index contributed by atoms with van der Waals surface area (Å²) in [6.07, 6.45) is 0.993. The molecule has 0 aliphatic heterocycles. The summed E-state index contributed by atoms with van der Waals surface area (Å²) in [7, 11) is 4.01. The third-order valence-electron chi connectivity index (χ3n) is 4.36. The van der Waals surface area contributed by atoms with Gasteiger partial charge in [-0.25, -0.2) is 15.0 Å². The summed E-state index contributed by atoms with van der Waals surface area (Å²) in [5.74, 6) is 1.89. The molecule has 0 fully saturated rings. The molecule has 2 N–H and O–H groups in total. The lowest BCUT2D eigenvalue weighted by atomic mass is 10.3. The first-order valence-electron chi connectivity index (χ1n) is 9.64. The summed E-state index contributed by atoms with van der Waals surface area (Å²) < 4.78 is 2.28. The number of anilines is 1. The number of aliphatic imine (C=N–C) groups is 1. The van der Waals surface area contributed by atoms with Gasteiger partial charge in [-0.05, 0) is 32.4 Å². The second-order valence-corrected chi connectivity index (χ2v) is 7.63. The van der Waals surface area contributed by atoms with Crippen LogP contribution in [-0.2, 0) is 13.1 Å². The predicted molar refractivity (Wildman–Crippen MR) is 118 cm³/mol. The summed E-state index contributed by atoms with van der Waals surface area (Å²) in [4.78, 5) is 15.9. The molecular weight excluding hydrogens is 370 g/mol. The number of guanidine groups is 1. The number of benzene rings is 1. The monoisotopic (exact) mass is 399 g/mol. The lowest BCUT2D eigenvalue weighted by molar-refractivity contribution is 0.624. The van der Waals surface area contributed by atoms with Crippen LogP contribution in [0.25, 0.3) is 11.0 Å². The standard InChI is InChI=1S/C20H29N7S/c1-5-21-19(23-13-16-14-28-20(25-16)26(3)4)22-11-8-12-27-15(2)24-17-9-6-7-10-18(17)27/h6-7,9-10,14H,5,8,11-13H2,1-4H3,(H2,21,22,23). The van der Waals surface area contributed by atoms with E-state index in [9.17, 15) is 0 Å². The van der Waals surface area contributed by atoms with Crippen LogP contribution in [0, 0.1) is 6.92 Å². The lowest BCUT2D eigenvalue weighted by Crippen LogP contribution is -2.38. The summed E-state index contributed by atoms with van der Waals surface area (Å²) in [5.41, 5.74) is 3.25. The zero-order chi connectivity index (χ0) is 19.9. The van der Waals surface area contributed by atoms with Crippen LogP contribution >= 0.6 is 11.3 Å². The highest BCUT2D eigenvalue weighted by atomic mass is 32.1. The Labute approximate surface area is 170 Å². The van der Waals surface area contributed by atoms with Crippen molar-refractivity contribution in [1.29, 1.82) is 0 Å². The van der Waals surface area contributed by atoms with Crippen molar-refractivity contribution < 1.29 is 0 Å². The molecular formula is C20H29N7S. The average Bonchev–Trinajstić information content (AvgIpc) is 3.27. The summed E-state index contributed by atoms with van der Waals surface area (Å²) in [5, 5.41) is 9.79. The fourth-order valence-corrected chi connectivity index (χ4v) is 3.75. The molecule has 0 atom stereocenters. The van der Waals surface area contributed by atoms with Gasteiger partial charge < -0.3 is 20.1 Å². The van der Waals surface area contributed by atoms with Crippen LogP contribution in [0.3, 0.4) is 0 Å². The molecule has 8 heteroatoms. The van der Waals surface area contributed by atoms with E-state index in [-0.39, 0.29) is 0 Å². The second-order valence-electron chi connectivity index (χ2n) is 6.79. The molecule has 0 aliphatic carbocycles. The SMILES string of the molecule is CCNC(=NCc1csc(N(C)C)n1)NCCCn1c(C)nc2ccccc21. The Morgan fingerprint density at radius 3 is 2.79 bits per heavy atom. The Kier molecular flexibility index (Phi) is 6.86. The summed E-state index contributed by atoms with van der Waals surface area (Å²) >= 11 is 1.64. The van der Waals surface area contributed by atoms with Crippen molar-refractivity contribution in [1.82, 2.24) is 25.2 Å². The van der Waals surface area contributed by atoms with Gasteiger partial charge in [-0.15, -0.1) is 11.3 Å². The van der Waals surface area contributed by atoms with Gasteiger partial charge in [0.1, 0.15) is 5.82 Å². The first-order chi connectivity index (χ1) is 13.6. The van der Waals surface area contributed by atoms with Crippen molar-refractivity contribution in [3.63, 3.8) is 0 Å². The topological polar surface area (TPSA) is 70.4 Å². The number of nitrogens with one attached hydrogen (secondary N) is 2. The maximum atomic E-state index is 4.66. The molecule has 1 aromatic carbocycles. The van der Waals surface area contributed by atoms with E-state index in [0.717, 1.165) is 54.2 Å². The van der Waals surface area contributed by atoms with Crippen LogP contribution in [0.5, 0.6) is 0 Å². The smallest absolute Gasteiger partial charge is 0.191 e. The number of rotatable bonds is 8. The highest BCUT2D eigenvalue weighted by Gasteiger charge is 2.07. The Bertz CT molecular complexity index is 926. The fraction of sp³-hybridized carbons (Fsp3) is 0.450. The van der Waals surface area contributed by atoms with Crippen LogP contribution in [0.15, 0.2) is 34.6 Å². The van der Waals surface area contributed by atoms with E-state index in [2.05, 4.69) is 67.6 Å². The molecule has 28 heavy (non-hydrogen) atoms. The minimum atomic E-state index is 0.574. The molecule has 0 saturated carbocycles. The molecule has 0 radical (unpaired) electrons. The molecule has 0 unspecified atom stereocenters. The number of aromatic nitrogens is 3. The maximum absolute atomic E-state index is 4.66. The molecule has 3 rings (SSSR count). The van der Waals surface area contributed by atoms with Gasteiger partial charge in [0.2, 0.25) is 0 Å². The molecule has 0 aliphatic rings.